The van der Waals surface area contributed by atoms with Crippen LogP contribution in [0.15, 0.2) is 66.7 Å². The van der Waals surface area contributed by atoms with E-state index >= 15 is 0 Å². The molecule has 3 aromatic rings. The third kappa shape index (κ3) is 5.21. The first-order chi connectivity index (χ1) is 16.9. The Labute approximate surface area is 204 Å². The van der Waals surface area contributed by atoms with E-state index in [9.17, 15) is 19.8 Å². The zero-order valence-electron chi connectivity index (χ0n) is 19.7. The summed E-state index contributed by atoms with van der Waals surface area (Å²) in [7, 11) is 1.29. The van der Waals surface area contributed by atoms with E-state index in [1.54, 1.807) is 19.1 Å². The summed E-state index contributed by atoms with van der Waals surface area (Å²) in [4.78, 5) is 24.2. The van der Waals surface area contributed by atoms with Crippen molar-refractivity contribution in [3.63, 3.8) is 0 Å². The molecule has 3 aromatic carbocycles. The van der Waals surface area contributed by atoms with Crippen LogP contribution in [0.25, 0.3) is 11.1 Å². The number of esters is 1. The Morgan fingerprint density at radius 1 is 0.971 bits per heavy atom. The number of hydrogen-bond donors (Lipinski definition) is 3. The minimum atomic E-state index is -1.22. The molecule has 2 unspecified atom stereocenters. The van der Waals surface area contributed by atoms with Crippen molar-refractivity contribution in [1.29, 1.82) is 0 Å². The molecule has 7 nitrogen and oxygen atoms in total. The van der Waals surface area contributed by atoms with Crippen molar-refractivity contribution in [3.8, 4) is 11.1 Å². The molecule has 0 heterocycles. The highest BCUT2D eigenvalue weighted by molar-refractivity contribution is 5.91. The van der Waals surface area contributed by atoms with E-state index < -0.39 is 24.3 Å². The molecule has 0 saturated heterocycles. The van der Waals surface area contributed by atoms with Gasteiger partial charge in [0.2, 0.25) is 0 Å². The summed E-state index contributed by atoms with van der Waals surface area (Å²) in [6.07, 6.45) is -2.84. The van der Waals surface area contributed by atoms with Crippen LogP contribution in [-0.2, 0) is 9.47 Å². The fraction of sp³-hybridized carbons (Fsp3) is 0.286. The van der Waals surface area contributed by atoms with E-state index in [-0.39, 0.29) is 25.5 Å². The van der Waals surface area contributed by atoms with Gasteiger partial charge in [-0.05, 0) is 52.8 Å². The summed E-state index contributed by atoms with van der Waals surface area (Å²) in [6, 6.07) is 21.0. The zero-order valence-corrected chi connectivity index (χ0v) is 19.7. The predicted molar refractivity (Wildman–Crippen MR) is 131 cm³/mol. The van der Waals surface area contributed by atoms with Crippen LogP contribution in [-0.4, -0.2) is 48.6 Å². The van der Waals surface area contributed by atoms with Gasteiger partial charge in [0.1, 0.15) is 12.7 Å². The Morgan fingerprint density at radius 3 is 2.23 bits per heavy atom. The Balaban J connectivity index is 1.29. The first-order valence-corrected chi connectivity index (χ1v) is 11.5. The summed E-state index contributed by atoms with van der Waals surface area (Å²) < 4.78 is 10.2. The maximum Gasteiger partial charge on any atom is 0.407 e. The van der Waals surface area contributed by atoms with Crippen LogP contribution in [0, 0.1) is 6.92 Å². The highest BCUT2D eigenvalue weighted by Gasteiger charge is 2.29. The maximum atomic E-state index is 12.3. The van der Waals surface area contributed by atoms with E-state index in [0.717, 1.165) is 22.3 Å². The molecule has 0 spiro atoms. The summed E-state index contributed by atoms with van der Waals surface area (Å²) in [6.45, 7) is 2.08. The smallest absolute Gasteiger partial charge is 0.407 e. The van der Waals surface area contributed by atoms with E-state index in [2.05, 4.69) is 29.6 Å². The van der Waals surface area contributed by atoms with Gasteiger partial charge in [0.25, 0.3) is 0 Å². The molecule has 1 aliphatic carbocycles. The van der Waals surface area contributed by atoms with Crippen molar-refractivity contribution < 1.29 is 29.3 Å². The largest absolute Gasteiger partial charge is 0.465 e. The summed E-state index contributed by atoms with van der Waals surface area (Å²) in [5.41, 5.74) is 5.99. The van der Waals surface area contributed by atoms with Crippen molar-refractivity contribution in [2.45, 2.75) is 31.5 Å². The third-order valence-electron chi connectivity index (χ3n) is 6.43. The number of hydrogen-bond acceptors (Lipinski definition) is 6. The van der Waals surface area contributed by atoms with Crippen LogP contribution in [0.3, 0.4) is 0 Å². The lowest BCUT2D eigenvalue weighted by Gasteiger charge is -2.19. The maximum absolute atomic E-state index is 12.3. The van der Waals surface area contributed by atoms with Crippen LogP contribution in [0.2, 0.25) is 0 Å². The number of methoxy groups -OCH3 is 1. The molecule has 0 radical (unpaired) electrons. The molecule has 0 bridgehead atoms. The number of carbonyl (C=O) groups is 2. The lowest BCUT2D eigenvalue weighted by atomic mass is 9.97. The minimum Gasteiger partial charge on any atom is -0.465 e. The second kappa shape index (κ2) is 10.7. The number of nitrogens with one attached hydrogen (secondary N) is 1. The molecule has 182 valence electrons. The predicted octanol–water partition coefficient (Wildman–Crippen LogP) is 4.10. The van der Waals surface area contributed by atoms with Gasteiger partial charge in [-0.2, -0.15) is 0 Å². The molecule has 7 heteroatoms. The second-order valence-corrected chi connectivity index (χ2v) is 8.62. The zero-order chi connectivity index (χ0) is 24.9. The van der Waals surface area contributed by atoms with Gasteiger partial charge in [0, 0.05) is 12.5 Å². The highest BCUT2D eigenvalue weighted by Crippen LogP contribution is 2.44. The minimum absolute atomic E-state index is 0.0360. The highest BCUT2D eigenvalue weighted by atomic mass is 16.5. The van der Waals surface area contributed by atoms with Gasteiger partial charge in [0.15, 0.2) is 0 Å². The Hall–Kier alpha value is -3.68. The first kappa shape index (κ1) is 24.4. The lowest BCUT2D eigenvalue weighted by molar-refractivity contribution is 0.0135. The molecule has 0 saturated carbocycles. The number of aryl methyl sites for hydroxylation is 1. The number of aliphatic hydroxyl groups excluding tert-OH is 2. The Bertz CT molecular complexity index is 1180. The van der Waals surface area contributed by atoms with E-state index in [4.69, 9.17) is 9.47 Å². The summed E-state index contributed by atoms with van der Waals surface area (Å²) in [5, 5.41) is 23.5. The average molecular weight is 476 g/mol. The Morgan fingerprint density at radius 2 is 1.60 bits per heavy atom. The van der Waals surface area contributed by atoms with E-state index in [1.807, 2.05) is 24.3 Å². The van der Waals surface area contributed by atoms with Crippen LogP contribution >= 0.6 is 0 Å². The number of ether oxygens (including phenoxy) is 2. The molecular weight excluding hydrogens is 446 g/mol. The Kier molecular flexibility index (Phi) is 7.48. The standard InChI is InChI=1S/C28H29NO6/c1-17-11-12-18(15-23(17)27(32)34-2)26(31)25(30)13-14-29-28(33)35-16-24-21-9-5-3-7-19(21)20-8-4-6-10-22(20)24/h3-12,15,24-26,30-31H,13-14,16H2,1-2H3,(H,29,33). The van der Waals surface area contributed by atoms with Crippen molar-refractivity contribution in [1.82, 2.24) is 5.32 Å². The summed E-state index contributed by atoms with van der Waals surface area (Å²) >= 11 is 0. The molecule has 2 atom stereocenters. The number of benzene rings is 3. The van der Waals surface area contributed by atoms with Gasteiger partial charge in [-0.3, -0.25) is 0 Å². The van der Waals surface area contributed by atoms with Crippen LogP contribution < -0.4 is 5.32 Å². The van der Waals surface area contributed by atoms with Crippen molar-refractivity contribution in [2.24, 2.45) is 0 Å². The first-order valence-electron chi connectivity index (χ1n) is 11.5. The average Bonchev–Trinajstić information content (AvgIpc) is 3.20. The number of aliphatic hydroxyl groups is 2. The van der Waals surface area contributed by atoms with Crippen molar-refractivity contribution in [2.75, 3.05) is 20.3 Å². The molecule has 35 heavy (non-hydrogen) atoms. The van der Waals surface area contributed by atoms with Gasteiger partial charge < -0.3 is 25.0 Å². The van der Waals surface area contributed by atoms with Crippen LogP contribution in [0.5, 0.6) is 0 Å². The lowest BCUT2D eigenvalue weighted by Crippen LogP contribution is -2.30. The SMILES string of the molecule is COC(=O)c1cc(C(O)C(O)CCNC(=O)OCC2c3ccccc3-c3ccccc32)ccc1C. The molecule has 1 amide bonds. The fourth-order valence-electron chi connectivity index (χ4n) is 4.51. The number of rotatable bonds is 8. The third-order valence-corrected chi connectivity index (χ3v) is 6.43. The molecule has 0 fully saturated rings. The second-order valence-electron chi connectivity index (χ2n) is 8.62. The van der Waals surface area contributed by atoms with E-state index in [1.165, 1.54) is 13.2 Å². The fourth-order valence-corrected chi connectivity index (χ4v) is 4.51. The van der Waals surface area contributed by atoms with E-state index in [0.29, 0.717) is 16.7 Å². The monoisotopic (exact) mass is 475 g/mol. The topological polar surface area (TPSA) is 105 Å². The molecule has 0 aliphatic heterocycles. The van der Waals surface area contributed by atoms with Gasteiger partial charge >= 0.3 is 12.1 Å². The molecular formula is C28H29NO6. The number of carbonyl (C=O) groups excluding carboxylic acids is 2. The van der Waals surface area contributed by atoms with Gasteiger partial charge in [-0.25, -0.2) is 9.59 Å². The number of fused-ring (bicyclic) bond motifs is 3. The molecule has 1 aliphatic rings. The van der Waals surface area contributed by atoms with Gasteiger partial charge in [0.05, 0.1) is 18.8 Å². The number of amides is 1. The summed E-state index contributed by atoms with van der Waals surface area (Å²) in [5.74, 6) is -0.547. The van der Waals surface area contributed by atoms with Crippen LogP contribution in [0.1, 0.15) is 51.1 Å². The molecule has 4 rings (SSSR count). The quantitative estimate of drug-likeness (QED) is 0.424. The number of alkyl carbamates (subject to hydrolysis) is 1. The van der Waals surface area contributed by atoms with Gasteiger partial charge in [-0.15, -0.1) is 0 Å². The van der Waals surface area contributed by atoms with Crippen molar-refractivity contribution >= 4 is 12.1 Å². The molecule has 0 aromatic heterocycles. The van der Waals surface area contributed by atoms with Crippen molar-refractivity contribution in [3.05, 3.63) is 94.5 Å². The van der Waals surface area contributed by atoms with Gasteiger partial charge in [-0.1, -0.05) is 60.7 Å². The normalized spacial score (nSPS) is 13.9. The molecule has 3 N–H and O–H groups in total. The van der Waals surface area contributed by atoms with Crippen LogP contribution in [0.4, 0.5) is 4.79 Å².